The van der Waals surface area contributed by atoms with Gasteiger partial charge in [-0.3, -0.25) is 0 Å². The Hall–Kier alpha value is -1.45. The standard InChI is InChI=1S/C20H34F2N2O4S/c1-15(2)9-11-24(12-10-16(3)4)29(25,26)23(5)14-17-7-8-18(28-20(21)22)19(13-17)27-6/h7-8,13,15-16,20H,9-12,14H2,1-6H3. The predicted molar refractivity (Wildman–Crippen MR) is 110 cm³/mol. The van der Waals surface area contributed by atoms with Crippen molar-refractivity contribution >= 4 is 10.2 Å². The van der Waals surface area contributed by atoms with Gasteiger partial charge in [-0.25, -0.2) is 0 Å². The topological polar surface area (TPSA) is 59.1 Å². The zero-order valence-corrected chi connectivity index (χ0v) is 19.0. The first-order valence-corrected chi connectivity index (χ1v) is 11.2. The molecular weight excluding hydrogens is 402 g/mol. The lowest BCUT2D eigenvalue weighted by Gasteiger charge is -2.29. The summed E-state index contributed by atoms with van der Waals surface area (Å²) in [7, 11) is -0.803. The predicted octanol–water partition coefficient (Wildman–Crippen LogP) is 4.37. The Balaban J connectivity index is 2.98. The molecule has 0 aliphatic heterocycles. The molecule has 0 heterocycles. The molecule has 1 aromatic carbocycles. The van der Waals surface area contributed by atoms with Crippen LogP contribution in [0, 0.1) is 11.8 Å². The van der Waals surface area contributed by atoms with E-state index >= 15 is 0 Å². The summed E-state index contributed by atoms with van der Waals surface area (Å²) < 4.78 is 63.5. The third kappa shape index (κ3) is 8.44. The van der Waals surface area contributed by atoms with E-state index in [0.29, 0.717) is 30.5 Å². The fourth-order valence-electron chi connectivity index (χ4n) is 2.69. The van der Waals surface area contributed by atoms with E-state index in [1.165, 1.54) is 34.9 Å². The Morgan fingerprint density at radius 1 is 1.00 bits per heavy atom. The fourth-order valence-corrected chi connectivity index (χ4v) is 4.07. The zero-order chi connectivity index (χ0) is 22.2. The number of methoxy groups -OCH3 is 1. The van der Waals surface area contributed by atoms with Crippen molar-refractivity contribution in [3.8, 4) is 11.5 Å². The summed E-state index contributed by atoms with van der Waals surface area (Å²) in [5, 5.41) is 0. The Morgan fingerprint density at radius 2 is 1.55 bits per heavy atom. The van der Waals surface area contributed by atoms with Gasteiger partial charge in [-0.2, -0.15) is 25.8 Å². The molecule has 0 amide bonds. The molecule has 0 unspecified atom stereocenters. The second kappa shape index (κ2) is 11.7. The minimum atomic E-state index is -3.66. The highest BCUT2D eigenvalue weighted by atomic mass is 32.2. The maximum atomic E-state index is 13.1. The van der Waals surface area contributed by atoms with Crippen molar-refractivity contribution in [3.05, 3.63) is 23.8 Å². The number of hydrogen-bond acceptors (Lipinski definition) is 4. The summed E-state index contributed by atoms with van der Waals surface area (Å²) in [5.41, 5.74) is 0.613. The van der Waals surface area contributed by atoms with Gasteiger partial charge in [-0.05, 0) is 42.4 Å². The second-order valence-electron chi connectivity index (χ2n) is 7.89. The first-order chi connectivity index (χ1) is 13.5. The Bertz CT molecular complexity index is 715. The smallest absolute Gasteiger partial charge is 0.387 e. The molecule has 1 rings (SSSR count). The molecule has 0 saturated heterocycles. The van der Waals surface area contributed by atoms with Gasteiger partial charge in [0, 0.05) is 26.7 Å². The molecule has 6 nitrogen and oxygen atoms in total. The molecule has 0 bridgehead atoms. The van der Waals surface area contributed by atoms with Gasteiger partial charge in [0.15, 0.2) is 11.5 Å². The number of nitrogens with zero attached hydrogens (tertiary/aromatic N) is 2. The van der Waals surface area contributed by atoms with Crippen LogP contribution >= 0.6 is 0 Å². The van der Waals surface area contributed by atoms with Crippen LogP contribution in [0.5, 0.6) is 11.5 Å². The molecule has 0 aliphatic carbocycles. The van der Waals surface area contributed by atoms with E-state index in [0.717, 1.165) is 12.8 Å². The maximum absolute atomic E-state index is 13.1. The van der Waals surface area contributed by atoms with Crippen LogP contribution in [0.25, 0.3) is 0 Å². The van der Waals surface area contributed by atoms with Crippen molar-refractivity contribution < 1.29 is 26.7 Å². The first kappa shape index (κ1) is 25.6. The van der Waals surface area contributed by atoms with Gasteiger partial charge in [0.25, 0.3) is 10.2 Å². The number of hydrogen-bond donors (Lipinski definition) is 0. The largest absolute Gasteiger partial charge is 0.493 e. The van der Waals surface area contributed by atoms with Gasteiger partial charge in [0.1, 0.15) is 0 Å². The van der Waals surface area contributed by atoms with E-state index in [2.05, 4.69) is 32.4 Å². The molecule has 168 valence electrons. The van der Waals surface area contributed by atoms with Gasteiger partial charge in [-0.15, -0.1) is 0 Å². The summed E-state index contributed by atoms with van der Waals surface area (Å²) in [6.45, 7) is 6.29. The minimum Gasteiger partial charge on any atom is -0.493 e. The van der Waals surface area contributed by atoms with Crippen LogP contribution in [-0.2, 0) is 16.8 Å². The molecule has 1 aromatic rings. The SMILES string of the molecule is COc1cc(CN(C)S(=O)(=O)N(CCC(C)C)CCC(C)C)ccc1OC(F)F. The highest BCUT2D eigenvalue weighted by Gasteiger charge is 2.27. The minimum absolute atomic E-state index is 0.0905. The average molecular weight is 437 g/mol. The molecule has 0 saturated carbocycles. The Morgan fingerprint density at radius 3 is 2.00 bits per heavy atom. The molecule has 0 atom stereocenters. The summed E-state index contributed by atoms with van der Waals surface area (Å²) in [5.74, 6) is 0.824. The Labute approximate surface area is 174 Å². The van der Waals surface area contributed by atoms with Crippen LogP contribution in [0.2, 0.25) is 0 Å². The van der Waals surface area contributed by atoms with Crippen LogP contribution in [0.15, 0.2) is 18.2 Å². The molecular formula is C20H34F2N2O4S. The van der Waals surface area contributed by atoms with Crippen molar-refractivity contribution in [2.75, 3.05) is 27.2 Å². The normalized spacial score (nSPS) is 12.6. The molecule has 0 spiro atoms. The molecule has 0 radical (unpaired) electrons. The lowest BCUT2D eigenvalue weighted by atomic mass is 10.1. The monoisotopic (exact) mass is 436 g/mol. The third-order valence-electron chi connectivity index (χ3n) is 4.48. The third-order valence-corrected chi connectivity index (χ3v) is 6.42. The van der Waals surface area contributed by atoms with E-state index in [1.807, 2.05) is 0 Å². The number of halogens is 2. The van der Waals surface area contributed by atoms with Crippen molar-refractivity contribution in [1.29, 1.82) is 0 Å². The summed E-state index contributed by atoms with van der Waals surface area (Å²) in [6, 6.07) is 4.42. The number of rotatable bonds is 13. The first-order valence-electron chi connectivity index (χ1n) is 9.80. The molecule has 0 fully saturated rings. The van der Waals surface area contributed by atoms with Crippen LogP contribution in [0.4, 0.5) is 8.78 Å². The maximum Gasteiger partial charge on any atom is 0.387 e. The molecule has 0 N–H and O–H groups in total. The lowest BCUT2D eigenvalue weighted by Crippen LogP contribution is -2.43. The van der Waals surface area contributed by atoms with Gasteiger partial charge >= 0.3 is 6.61 Å². The van der Waals surface area contributed by atoms with Gasteiger partial charge in [0.2, 0.25) is 0 Å². The molecule has 0 aliphatic rings. The van der Waals surface area contributed by atoms with E-state index < -0.39 is 16.8 Å². The molecule has 0 aromatic heterocycles. The van der Waals surface area contributed by atoms with Crippen molar-refractivity contribution in [2.24, 2.45) is 11.8 Å². The van der Waals surface area contributed by atoms with Crippen molar-refractivity contribution in [1.82, 2.24) is 8.61 Å². The van der Waals surface area contributed by atoms with Gasteiger partial charge in [-0.1, -0.05) is 33.8 Å². The average Bonchev–Trinajstić information content (AvgIpc) is 2.61. The quantitative estimate of drug-likeness (QED) is 0.461. The van der Waals surface area contributed by atoms with Crippen LogP contribution in [0.1, 0.15) is 46.1 Å². The second-order valence-corrected chi connectivity index (χ2v) is 9.93. The van der Waals surface area contributed by atoms with Crippen LogP contribution < -0.4 is 9.47 Å². The number of alkyl halides is 2. The van der Waals surface area contributed by atoms with Gasteiger partial charge in [0.05, 0.1) is 7.11 Å². The van der Waals surface area contributed by atoms with Crippen LogP contribution in [0.3, 0.4) is 0 Å². The van der Waals surface area contributed by atoms with E-state index in [-0.39, 0.29) is 18.0 Å². The highest BCUT2D eigenvalue weighted by Crippen LogP contribution is 2.30. The summed E-state index contributed by atoms with van der Waals surface area (Å²) >= 11 is 0. The van der Waals surface area contributed by atoms with Crippen LogP contribution in [-0.4, -0.2) is 50.9 Å². The summed E-state index contributed by atoms with van der Waals surface area (Å²) in [4.78, 5) is 0. The van der Waals surface area contributed by atoms with E-state index in [4.69, 9.17) is 4.74 Å². The van der Waals surface area contributed by atoms with Crippen molar-refractivity contribution in [2.45, 2.75) is 53.7 Å². The van der Waals surface area contributed by atoms with E-state index in [9.17, 15) is 17.2 Å². The summed E-state index contributed by atoms with van der Waals surface area (Å²) in [6.07, 6.45) is 1.55. The lowest BCUT2D eigenvalue weighted by molar-refractivity contribution is -0.0512. The zero-order valence-electron chi connectivity index (χ0n) is 18.2. The van der Waals surface area contributed by atoms with Crippen molar-refractivity contribution in [3.63, 3.8) is 0 Å². The highest BCUT2D eigenvalue weighted by molar-refractivity contribution is 7.86. The Kier molecular flexibility index (Phi) is 10.3. The molecule has 29 heavy (non-hydrogen) atoms. The van der Waals surface area contributed by atoms with Gasteiger partial charge < -0.3 is 9.47 Å². The number of ether oxygens (including phenoxy) is 2. The molecule has 9 heteroatoms. The fraction of sp³-hybridized carbons (Fsp3) is 0.700. The van der Waals surface area contributed by atoms with E-state index in [1.54, 1.807) is 6.07 Å². The number of benzene rings is 1.